The van der Waals surface area contributed by atoms with Gasteiger partial charge in [0, 0.05) is 0 Å². The van der Waals surface area contributed by atoms with E-state index < -0.39 is 0 Å². The Morgan fingerprint density at radius 3 is 2.43 bits per heavy atom. The van der Waals surface area contributed by atoms with Crippen molar-refractivity contribution < 1.29 is 0 Å². The molecule has 80 valence electrons. The Balaban J connectivity index is 2.86. The zero-order valence-electron chi connectivity index (χ0n) is 8.95. The van der Waals surface area contributed by atoms with Crippen LogP contribution in [-0.4, -0.2) is 9.59 Å². The molecule has 4 nitrogen and oxygen atoms in total. The summed E-state index contributed by atoms with van der Waals surface area (Å²) in [4.78, 5) is 1.17. The Morgan fingerprint density at radius 2 is 2.07 bits per heavy atom. The number of hydrogen-bond acceptors (Lipinski definition) is 5. The normalized spacial score (nSPS) is 13.5. The summed E-state index contributed by atoms with van der Waals surface area (Å²) in [5, 5.41) is 4.01. The highest BCUT2D eigenvalue weighted by Crippen LogP contribution is 2.29. The van der Waals surface area contributed by atoms with Gasteiger partial charge in [-0.05, 0) is 24.4 Å². The summed E-state index contributed by atoms with van der Waals surface area (Å²) in [5.41, 5.74) is 3.87. The summed E-state index contributed by atoms with van der Waals surface area (Å²) in [6.45, 7) is 6.34. The van der Waals surface area contributed by atoms with E-state index in [4.69, 9.17) is 5.84 Å². The first-order chi connectivity index (χ1) is 6.74. The standard InChI is InChI=1S/C9H18N4S/c1-4-7(5-2)8(11-10)9-6(3)12-13-14-9/h7-8,11H,4-5,10H2,1-3H3. The van der Waals surface area contributed by atoms with Crippen LogP contribution in [0.15, 0.2) is 0 Å². The fourth-order valence-corrected chi connectivity index (χ4v) is 2.51. The smallest absolute Gasteiger partial charge is 0.0773 e. The van der Waals surface area contributed by atoms with Crippen LogP contribution in [0.1, 0.15) is 43.3 Å². The lowest BCUT2D eigenvalue weighted by Gasteiger charge is -2.23. The lowest BCUT2D eigenvalue weighted by atomic mass is 9.93. The summed E-state index contributed by atoms with van der Waals surface area (Å²) < 4.78 is 3.94. The zero-order chi connectivity index (χ0) is 10.6. The molecule has 0 radical (unpaired) electrons. The van der Waals surface area contributed by atoms with Gasteiger partial charge in [0.15, 0.2) is 0 Å². The Labute approximate surface area is 89.0 Å². The van der Waals surface area contributed by atoms with Crippen LogP contribution < -0.4 is 11.3 Å². The molecule has 0 aromatic carbocycles. The van der Waals surface area contributed by atoms with Crippen molar-refractivity contribution in [3.8, 4) is 0 Å². The second-order valence-electron chi connectivity index (χ2n) is 3.44. The molecule has 1 rings (SSSR count). The number of nitrogens with zero attached hydrogens (tertiary/aromatic N) is 2. The third kappa shape index (κ3) is 2.29. The molecular weight excluding hydrogens is 196 g/mol. The average Bonchev–Trinajstić information content (AvgIpc) is 2.61. The molecule has 0 fully saturated rings. The van der Waals surface area contributed by atoms with Gasteiger partial charge in [-0.2, -0.15) is 0 Å². The number of aryl methyl sites for hydroxylation is 1. The van der Waals surface area contributed by atoms with Crippen molar-refractivity contribution in [3.63, 3.8) is 0 Å². The molecule has 0 saturated carbocycles. The minimum Gasteiger partial charge on any atom is -0.271 e. The van der Waals surface area contributed by atoms with Crippen LogP contribution >= 0.6 is 11.5 Å². The molecule has 1 heterocycles. The molecule has 0 saturated heterocycles. The second-order valence-corrected chi connectivity index (χ2v) is 4.23. The molecule has 5 heteroatoms. The van der Waals surface area contributed by atoms with Crippen LogP contribution in [0.4, 0.5) is 0 Å². The summed E-state index contributed by atoms with van der Waals surface area (Å²) in [5.74, 6) is 6.14. The molecule has 0 aliphatic carbocycles. The highest BCUT2D eigenvalue weighted by atomic mass is 32.1. The van der Waals surface area contributed by atoms with Crippen molar-refractivity contribution in [2.24, 2.45) is 11.8 Å². The number of hydrogen-bond donors (Lipinski definition) is 2. The van der Waals surface area contributed by atoms with E-state index in [1.54, 1.807) is 0 Å². The minimum absolute atomic E-state index is 0.199. The third-order valence-corrected chi connectivity index (χ3v) is 3.58. The lowest BCUT2D eigenvalue weighted by Crippen LogP contribution is -2.33. The van der Waals surface area contributed by atoms with Crippen LogP contribution in [0, 0.1) is 12.8 Å². The van der Waals surface area contributed by atoms with Gasteiger partial charge < -0.3 is 0 Å². The van der Waals surface area contributed by atoms with Crippen LogP contribution in [0.5, 0.6) is 0 Å². The van der Waals surface area contributed by atoms with Crippen molar-refractivity contribution in [2.45, 2.75) is 39.7 Å². The molecule has 0 bridgehead atoms. The highest BCUT2D eigenvalue weighted by molar-refractivity contribution is 7.05. The largest absolute Gasteiger partial charge is 0.271 e. The molecular formula is C9H18N4S. The van der Waals surface area contributed by atoms with Crippen molar-refractivity contribution in [1.29, 1.82) is 0 Å². The maximum absolute atomic E-state index is 5.59. The van der Waals surface area contributed by atoms with Gasteiger partial charge in [0.1, 0.15) is 0 Å². The molecule has 0 aliphatic rings. The number of nitrogens with two attached hydrogens (primary N) is 1. The van der Waals surface area contributed by atoms with Crippen LogP contribution in [0.2, 0.25) is 0 Å². The van der Waals surface area contributed by atoms with E-state index in [1.807, 2.05) is 6.92 Å². The molecule has 0 spiro atoms. The zero-order valence-corrected chi connectivity index (χ0v) is 9.77. The minimum atomic E-state index is 0.199. The SMILES string of the molecule is CCC(CC)C(NN)c1snnc1C. The topological polar surface area (TPSA) is 63.8 Å². The van der Waals surface area contributed by atoms with Crippen LogP contribution in [0.3, 0.4) is 0 Å². The lowest BCUT2D eigenvalue weighted by molar-refractivity contribution is 0.348. The van der Waals surface area contributed by atoms with E-state index in [9.17, 15) is 0 Å². The summed E-state index contributed by atoms with van der Waals surface area (Å²) >= 11 is 1.44. The van der Waals surface area contributed by atoms with Gasteiger partial charge in [-0.1, -0.05) is 31.2 Å². The first-order valence-electron chi connectivity index (χ1n) is 4.99. The summed E-state index contributed by atoms with van der Waals surface area (Å²) in [6.07, 6.45) is 2.23. The van der Waals surface area contributed by atoms with Gasteiger partial charge >= 0.3 is 0 Å². The average molecular weight is 214 g/mol. The Hall–Kier alpha value is -0.520. The maximum Gasteiger partial charge on any atom is 0.0773 e. The molecule has 1 unspecified atom stereocenters. The van der Waals surface area contributed by atoms with E-state index >= 15 is 0 Å². The van der Waals surface area contributed by atoms with Crippen molar-refractivity contribution >= 4 is 11.5 Å². The molecule has 0 amide bonds. The predicted molar refractivity (Wildman–Crippen MR) is 58.8 cm³/mol. The number of rotatable bonds is 5. The second kappa shape index (κ2) is 5.38. The number of aromatic nitrogens is 2. The summed E-state index contributed by atoms with van der Waals surface area (Å²) in [6, 6.07) is 0.199. The molecule has 0 aliphatic heterocycles. The first kappa shape index (κ1) is 11.6. The quantitative estimate of drug-likeness (QED) is 0.579. The van der Waals surface area contributed by atoms with Gasteiger partial charge in [0.2, 0.25) is 0 Å². The van der Waals surface area contributed by atoms with Gasteiger partial charge in [0.25, 0.3) is 0 Å². The Kier molecular flexibility index (Phi) is 4.44. The van der Waals surface area contributed by atoms with E-state index in [1.165, 1.54) is 16.4 Å². The van der Waals surface area contributed by atoms with Gasteiger partial charge in [-0.25, -0.2) is 0 Å². The van der Waals surface area contributed by atoms with Crippen LogP contribution in [-0.2, 0) is 0 Å². The van der Waals surface area contributed by atoms with Crippen LogP contribution in [0.25, 0.3) is 0 Å². The van der Waals surface area contributed by atoms with E-state index in [0.29, 0.717) is 5.92 Å². The molecule has 3 N–H and O–H groups in total. The Bertz CT molecular complexity index is 270. The fourth-order valence-electron chi connectivity index (χ4n) is 1.71. The predicted octanol–water partition coefficient (Wildman–Crippen LogP) is 1.79. The van der Waals surface area contributed by atoms with Crippen molar-refractivity contribution in [1.82, 2.24) is 15.0 Å². The highest BCUT2D eigenvalue weighted by Gasteiger charge is 2.22. The third-order valence-electron chi connectivity index (χ3n) is 2.67. The van der Waals surface area contributed by atoms with E-state index in [-0.39, 0.29) is 6.04 Å². The van der Waals surface area contributed by atoms with E-state index in [2.05, 4.69) is 28.9 Å². The van der Waals surface area contributed by atoms with E-state index in [0.717, 1.165) is 18.5 Å². The molecule has 1 atom stereocenters. The molecule has 1 aromatic heterocycles. The van der Waals surface area contributed by atoms with Gasteiger partial charge in [-0.3, -0.25) is 11.3 Å². The Morgan fingerprint density at radius 1 is 1.43 bits per heavy atom. The summed E-state index contributed by atoms with van der Waals surface area (Å²) in [7, 11) is 0. The van der Waals surface area contributed by atoms with Crippen molar-refractivity contribution in [3.05, 3.63) is 10.6 Å². The maximum atomic E-state index is 5.59. The first-order valence-corrected chi connectivity index (χ1v) is 5.76. The molecule has 14 heavy (non-hydrogen) atoms. The monoisotopic (exact) mass is 214 g/mol. The van der Waals surface area contributed by atoms with Crippen molar-refractivity contribution in [2.75, 3.05) is 0 Å². The van der Waals surface area contributed by atoms with Gasteiger partial charge in [-0.15, -0.1) is 5.10 Å². The molecule has 1 aromatic rings. The number of nitrogens with one attached hydrogen (secondary N) is 1. The van der Waals surface area contributed by atoms with Gasteiger partial charge in [0.05, 0.1) is 16.6 Å². The number of hydrazine groups is 1. The fraction of sp³-hybridized carbons (Fsp3) is 0.778.